The van der Waals surface area contributed by atoms with Crippen LogP contribution in [-0.2, 0) is 10.5 Å². The number of hydrogen-bond donors (Lipinski definition) is 1. The first-order valence-corrected chi connectivity index (χ1v) is 9.84. The summed E-state index contributed by atoms with van der Waals surface area (Å²) in [6, 6.07) is 14.7. The Labute approximate surface area is 152 Å². The molecule has 2 aromatic rings. The van der Waals surface area contributed by atoms with E-state index in [2.05, 4.69) is 22.3 Å². The summed E-state index contributed by atoms with van der Waals surface area (Å²) in [5.74, 6) is 0.520. The highest BCUT2D eigenvalue weighted by atomic mass is 32.2. The highest BCUT2D eigenvalue weighted by molar-refractivity contribution is 7.99. The summed E-state index contributed by atoms with van der Waals surface area (Å²) >= 11 is 1.41. The van der Waals surface area contributed by atoms with Crippen LogP contribution in [0.1, 0.15) is 24.8 Å². The second-order valence-corrected chi connectivity index (χ2v) is 7.21. The lowest BCUT2D eigenvalue weighted by Crippen LogP contribution is -2.29. The van der Waals surface area contributed by atoms with Gasteiger partial charge < -0.3 is 10.2 Å². The van der Waals surface area contributed by atoms with Gasteiger partial charge in [-0.15, -0.1) is 11.8 Å². The number of nitrogens with one attached hydrogen (secondary N) is 1. The molecule has 25 heavy (non-hydrogen) atoms. The molecule has 1 amide bonds. The van der Waals surface area contributed by atoms with Crippen molar-refractivity contribution >= 4 is 29.0 Å². The first-order chi connectivity index (χ1) is 12.2. The number of hydrogen-bond acceptors (Lipinski definition) is 3. The maximum absolute atomic E-state index is 13.5. The molecular weight excluding hydrogens is 335 g/mol. The van der Waals surface area contributed by atoms with Crippen molar-refractivity contribution in [3.05, 3.63) is 59.9 Å². The largest absolute Gasteiger partial charge is 0.372 e. The number of thioether (sulfide) groups is 1. The molecule has 2 aromatic carbocycles. The lowest BCUT2D eigenvalue weighted by Gasteiger charge is -2.28. The number of carbonyl (C=O) groups excluding carboxylic acids is 1. The summed E-state index contributed by atoms with van der Waals surface area (Å²) in [4.78, 5) is 14.4. The van der Waals surface area contributed by atoms with Crippen molar-refractivity contribution in [2.75, 3.05) is 29.1 Å². The van der Waals surface area contributed by atoms with Gasteiger partial charge in [0, 0.05) is 30.2 Å². The van der Waals surface area contributed by atoms with E-state index in [0.29, 0.717) is 17.1 Å². The summed E-state index contributed by atoms with van der Waals surface area (Å²) in [5.41, 5.74) is 2.65. The molecule has 0 aliphatic carbocycles. The maximum Gasteiger partial charge on any atom is 0.234 e. The van der Waals surface area contributed by atoms with Gasteiger partial charge >= 0.3 is 0 Å². The zero-order chi connectivity index (χ0) is 17.5. The van der Waals surface area contributed by atoms with Gasteiger partial charge in [0.1, 0.15) is 5.82 Å². The second kappa shape index (κ2) is 8.90. The van der Waals surface area contributed by atoms with E-state index in [0.717, 1.165) is 18.8 Å². The van der Waals surface area contributed by atoms with Gasteiger partial charge in [-0.3, -0.25) is 4.79 Å². The van der Waals surface area contributed by atoms with Crippen LogP contribution in [0.5, 0.6) is 0 Å². The van der Waals surface area contributed by atoms with Crippen molar-refractivity contribution in [2.45, 2.75) is 25.0 Å². The molecule has 132 valence electrons. The second-order valence-electron chi connectivity index (χ2n) is 6.23. The minimum absolute atomic E-state index is 0.0629. The fourth-order valence-electron chi connectivity index (χ4n) is 2.97. The van der Waals surface area contributed by atoms with E-state index in [1.54, 1.807) is 12.1 Å². The van der Waals surface area contributed by atoms with Crippen LogP contribution in [0, 0.1) is 5.82 Å². The maximum atomic E-state index is 13.5. The molecule has 1 aliphatic heterocycles. The molecule has 3 rings (SSSR count). The Kier molecular flexibility index (Phi) is 6.34. The zero-order valence-electron chi connectivity index (χ0n) is 14.2. The van der Waals surface area contributed by atoms with Gasteiger partial charge in [0.2, 0.25) is 5.91 Å². The van der Waals surface area contributed by atoms with Crippen molar-refractivity contribution < 1.29 is 9.18 Å². The van der Waals surface area contributed by atoms with Crippen LogP contribution in [0.4, 0.5) is 15.8 Å². The Morgan fingerprint density at radius 1 is 1.04 bits per heavy atom. The van der Waals surface area contributed by atoms with Crippen molar-refractivity contribution in [1.82, 2.24) is 0 Å². The highest BCUT2D eigenvalue weighted by Crippen LogP contribution is 2.22. The smallest absolute Gasteiger partial charge is 0.234 e. The number of halogens is 1. The number of anilines is 2. The third-order valence-corrected chi connectivity index (χ3v) is 5.30. The summed E-state index contributed by atoms with van der Waals surface area (Å²) < 4.78 is 13.5. The fraction of sp³-hybridized carbons (Fsp3) is 0.350. The number of nitrogens with zero attached hydrogens (tertiary/aromatic N) is 1. The van der Waals surface area contributed by atoms with Crippen molar-refractivity contribution in [3.8, 4) is 0 Å². The average molecular weight is 358 g/mol. The van der Waals surface area contributed by atoms with E-state index >= 15 is 0 Å². The van der Waals surface area contributed by atoms with Crippen LogP contribution < -0.4 is 10.2 Å². The van der Waals surface area contributed by atoms with Crippen LogP contribution in [-0.4, -0.2) is 24.7 Å². The summed E-state index contributed by atoms with van der Waals surface area (Å²) in [6.07, 6.45) is 3.81. The number of amides is 1. The molecular formula is C20H23FN2OS. The van der Waals surface area contributed by atoms with Crippen LogP contribution in [0.2, 0.25) is 0 Å². The quantitative estimate of drug-likeness (QED) is 0.813. The predicted molar refractivity (Wildman–Crippen MR) is 104 cm³/mol. The molecule has 1 N–H and O–H groups in total. The topological polar surface area (TPSA) is 32.3 Å². The fourth-order valence-corrected chi connectivity index (χ4v) is 3.79. The van der Waals surface area contributed by atoms with E-state index < -0.39 is 0 Å². The van der Waals surface area contributed by atoms with Gasteiger partial charge in [0.05, 0.1) is 5.75 Å². The SMILES string of the molecule is O=C(CSCc1ccccc1F)Nc1ccc(N2CCCCC2)cc1. The van der Waals surface area contributed by atoms with Gasteiger partial charge in [-0.25, -0.2) is 4.39 Å². The Bertz CT molecular complexity index is 699. The molecule has 0 bridgehead atoms. The van der Waals surface area contributed by atoms with Crippen molar-refractivity contribution in [3.63, 3.8) is 0 Å². The molecule has 1 aliphatic rings. The molecule has 0 unspecified atom stereocenters. The van der Waals surface area contributed by atoms with Gasteiger partial charge in [-0.05, 0) is 55.2 Å². The molecule has 0 atom stereocenters. The Balaban J connectivity index is 1.45. The van der Waals surface area contributed by atoms with Crippen LogP contribution in [0.3, 0.4) is 0 Å². The van der Waals surface area contributed by atoms with E-state index in [4.69, 9.17) is 0 Å². The number of piperidine rings is 1. The van der Waals surface area contributed by atoms with Crippen LogP contribution in [0.25, 0.3) is 0 Å². The van der Waals surface area contributed by atoms with E-state index in [1.807, 2.05) is 18.2 Å². The number of carbonyl (C=O) groups is 1. The van der Waals surface area contributed by atoms with E-state index in [1.165, 1.54) is 42.8 Å². The molecule has 3 nitrogen and oxygen atoms in total. The average Bonchev–Trinajstić information content (AvgIpc) is 2.65. The normalized spacial score (nSPS) is 14.4. The Hall–Kier alpha value is -2.01. The highest BCUT2D eigenvalue weighted by Gasteiger charge is 2.11. The predicted octanol–water partition coefficient (Wildman–Crippen LogP) is 4.69. The number of benzene rings is 2. The van der Waals surface area contributed by atoms with Crippen molar-refractivity contribution in [2.24, 2.45) is 0 Å². The Morgan fingerprint density at radius 2 is 1.76 bits per heavy atom. The third kappa shape index (κ3) is 5.23. The molecule has 0 spiro atoms. The van der Waals surface area contributed by atoms with Gasteiger partial charge in [0.25, 0.3) is 0 Å². The van der Waals surface area contributed by atoms with E-state index in [9.17, 15) is 9.18 Å². The van der Waals surface area contributed by atoms with Crippen molar-refractivity contribution in [1.29, 1.82) is 0 Å². The van der Waals surface area contributed by atoms with Gasteiger partial charge in [-0.1, -0.05) is 18.2 Å². The monoisotopic (exact) mass is 358 g/mol. The lowest BCUT2D eigenvalue weighted by atomic mass is 10.1. The number of rotatable bonds is 6. The first kappa shape index (κ1) is 17.8. The summed E-state index contributed by atoms with van der Waals surface area (Å²) in [5, 5.41) is 2.90. The molecule has 1 heterocycles. The molecule has 0 aromatic heterocycles. The Morgan fingerprint density at radius 3 is 2.48 bits per heavy atom. The van der Waals surface area contributed by atoms with Crippen LogP contribution in [0.15, 0.2) is 48.5 Å². The standard InChI is InChI=1S/C20H23FN2OS/c21-19-7-3-2-6-16(19)14-25-15-20(24)22-17-8-10-18(11-9-17)23-12-4-1-5-13-23/h2-3,6-11H,1,4-5,12-15H2,(H,22,24). The van der Waals surface area contributed by atoms with E-state index in [-0.39, 0.29) is 11.7 Å². The first-order valence-electron chi connectivity index (χ1n) is 8.68. The molecule has 0 radical (unpaired) electrons. The molecule has 1 fully saturated rings. The lowest BCUT2D eigenvalue weighted by molar-refractivity contribution is -0.113. The summed E-state index contributed by atoms with van der Waals surface area (Å²) in [6.45, 7) is 2.22. The minimum atomic E-state index is -0.219. The molecule has 1 saturated heterocycles. The molecule has 5 heteroatoms. The van der Waals surface area contributed by atoms with Crippen LogP contribution >= 0.6 is 11.8 Å². The summed E-state index contributed by atoms with van der Waals surface area (Å²) in [7, 11) is 0. The molecule has 0 saturated carbocycles. The zero-order valence-corrected chi connectivity index (χ0v) is 15.0. The third-order valence-electron chi connectivity index (χ3n) is 4.32. The van der Waals surface area contributed by atoms with Gasteiger partial charge in [-0.2, -0.15) is 0 Å². The minimum Gasteiger partial charge on any atom is -0.372 e. The van der Waals surface area contributed by atoms with Gasteiger partial charge in [0.15, 0.2) is 0 Å².